The number of nitrogens with zero attached hydrogens (tertiary/aromatic N) is 1. The molecule has 0 radical (unpaired) electrons. The van der Waals surface area contributed by atoms with E-state index in [4.69, 9.17) is 17.3 Å². The first-order valence-electron chi connectivity index (χ1n) is 4.02. The molecule has 1 heterocycles. The van der Waals surface area contributed by atoms with Gasteiger partial charge in [-0.1, -0.05) is 11.6 Å². The molecule has 0 aromatic carbocycles. The molecule has 0 saturated heterocycles. The number of nitrogens with two attached hydrogens (primary N) is 1. The van der Waals surface area contributed by atoms with Gasteiger partial charge < -0.3 is 5.73 Å². The SMILES string of the molecule is NCc1c(C(F)(F)F)cc(C(F)F)nc1Cl. The summed E-state index contributed by atoms with van der Waals surface area (Å²) in [7, 11) is 0. The van der Waals surface area contributed by atoms with Crippen LogP contribution in [0.25, 0.3) is 0 Å². The van der Waals surface area contributed by atoms with Crippen LogP contribution in [0.5, 0.6) is 0 Å². The monoisotopic (exact) mass is 260 g/mol. The van der Waals surface area contributed by atoms with E-state index >= 15 is 0 Å². The van der Waals surface area contributed by atoms with Gasteiger partial charge in [-0.3, -0.25) is 0 Å². The Hall–Kier alpha value is -0.950. The highest BCUT2D eigenvalue weighted by Crippen LogP contribution is 2.36. The van der Waals surface area contributed by atoms with Crippen molar-refractivity contribution in [3.8, 4) is 0 Å². The van der Waals surface area contributed by atoms with Crippen LogP contribution in [0.3, 0.4) is 0 Å². The first-order valence-corrected chi connectivity index (χ1v) is 4.40. The van der Waals surface area contributed by atoms with Gasteiger partial charge in [0.15, 0.2) is 0 Å². The van der Waals surface area contributed by atoms with Crippen molar-refractivity contribution in [1.29, 1.82) is 0 Å². The number of hydrogen-bond acceptors (Lipinski definition) is 2. The minimum Gasteiger partial charge on any atom is -0.326 e. The summed E-state index contributed by atoms with van der Waals surface area (Å²) in [6, 6.07) is 0.263. The molecule has 0 amide bonds. The molecular formula is C8H6ClF5N2. The van der Waals surface area contributed by atoms with Gasteiger partial charge in [-0.05, 0) is 6.07 Å². The summed E-state index contributed by atoms with van der Waals surface area (Å²) in [4.78, 5) is 3.15. The van der Waals surface area contributed by atoms with Crippen LogP contribution in [0.1, 0.15) is 23.2 Å². The molecule has 8 heteroatoms. The fourth-order valence-corrected chi connectivity index (χ4v) is 1.39. The summed E-state index contributed by atoms with van der Waals surface area (Å²) in [5, 5.41) is -0.646. The van der Waals surface area contributed by atoms with Crippen LogP contribution in [0.15, 0.2) is 6.07 Å². The van der Waals surface area contributed by atoms with Crippen LogP contribution >= 0.6 is 11.6 Å². The van der Waals surface area contributed by atoms with Crippen molar-refractivity contribution in [1.82, 2.24) is 4.98 Å². The predicted octanol–water partition coefficient (Wildman–Crippen LogP) is 3.15. The fraction of sp³-hybridized carbons (Fsp3) is 0.375. The molecule has 0 atom stereocenters. The van der Waals surface area contributed by atoms with Crippen LogP contribution in [0.2, 0.25) is 5.15 Å². The third kappa shape index (κ3) is 2.59. The minimum absolute atomic E-state index is 0.263. The lowest BCUT2D eigenvalue weighted by Crippen LogP contribution is -2.14. The van der Waals surface area contributed by atoms with E-state index in [0.717, 1.165) is 0 Å². The highest BCUT2D eigenvalue weighted by Gasteiger charge is 2.35. The standard InChI is InChI=1S/C8H6ClF5N2/c9-6-3(2-15)4(8(12,13)14)1-5(16-6)7(10)11/h1,7H,2,15H2. The Kier molecular flexibility index (Phi) is 3.69. The lowest BCUT2D eigenvalue weighted by atomic mass is 10.1. The molecular weight excluding hydrogens is 255 g/mol. The summed E-state index contributed by atoms with van der Waals surface area (Å²) < 4.78 is 61.9. The van der Waals surface area contributed by atoms with Gasteiger partial charge in [0.05, 0.1) is 5.56 Å². The molecule has 0 bridgehead atoms. The van der Waals surface area contributed by atoms with E-state index in [9.17, 15) is 22.0 Å². The van der Waals surface area contributed by atoms with Gasteiger partial charge in [-0.2, -0.15) is 13.2 Å². The molecule has 0 saturated carbocycles. The fourth-order valence-electron chi connectivity index (χ4n) is 1.12. The summed E-state index contributed by atoms with van der Waals surface area (Å²) in [6.45, 7) is -0.524. The Labute approximate surface area is 92.2 Å². The molecule has 1 aromatic rings. The maximum atomic E-state index is 12.5. The van der Waals surface area contributed by atoms with E-state index in [1.165, 1.54) is 0 Å². The first-order chi connectivity index (χ1) is 7.27. The minimum atomic E-state index is -4.79. The third-order valence-electron chi connectivity index (χ3n) is 1.83. The Balaban J connectivity index is 3.43. The predicted molar refractivity (Wildman–Crippen MR) is 47.1 cm³/mol. The zero-order valence-electron chi connectivity index (χ0n) is 7.65. The highest BCUT2D eigenvalue weighted by atomic mass is 35.5. The smallest absolute Gasteiger partial charge is 0.326 e. The van der Waals surface area contributed by atoms with Crippen LogP contribution in [-0.4, -0.2) is 4.98 Å². The summed E-state index contributed by atoms with van der Waals surface area (Å²) in [5.74, 6) is 0. The number of rotatable bonds is 2. The van der Waals surface area contributed by atoms with Crippen molar-refractivity contribution in [2.24, 2.45) is 5.73 Å². The maximum absolute atomic E-state index is 12.5. The van der Waals surface area contributed by atoms with Crippen LogP contribution in [0.4, 0.5) is 22.0 Å². The average molecular weight is 261 g/mol. The van der Waals surface area contributed by atoms with E-state index in [2.05, 4.69) is 4.98 Å². The Bertz CT molecular complexity index is 391. The van der Waals surface area contributed by atoms with Gasteiger partial charge in [-0.15, -0.1) is 0 Å². The quantitative estimate of drug-likeness (QED) is 0.655. The molecule has 90 valence electrons. The third-order valence-corrected chi connectivity index (χ3v) is 2.14. The van der Waals surface area contributed by atoms with E-state index in [1.54, 1.807) is 0 Å². The van der Waals surface area contributed by atoms with Gasteiger partial charge in [0.25, 0.3) is 6.43 Å². The molecule has 0 aliphatic carbocycles. The van der Waals surface area contributed by atoms with E-state index in [0.29, 0.717) is 0 Å². The van der Waals surface area contributed by atoms with Gasteiger partial charge in [-0.25, -0.2) is 13.8 Å². The van der Waals surface area contributed by atoms with Gasteiger partial charge >= 0.3 is 6.18 Å². The molecule has 2 N–H and O–H groups in total. The number of alkyl halides is 5. The zero-order valence-corrected chi connectivity index (χ0v) is 8.41. The van der Waals surface area contributed by atoms with Crippen molar-refractivity contribution in [3.05, 3.63) is 28.0 Å². The number of aromatic nitrogens is 1. The molecule has 16 heavy (non-hydrogen) atoms. The van der Waals surface area contributed by atoms with E-state index in [-0.39, 0.29) is 6.07 Å². The Morgan fingerprint density at radius 3 is 2.31 bits per heavy atom. The highest BCUT2D eigenvalue weighted by molar-refractivity contribution is 6.30. The normalized spacial score (nSPS) is 12.2. The topological polar surface area (TPSA) is 38.9 Å². The summed E-state index contributed by atoms with van der Waals surface area (Å²) in [5.41, 5.74) is 2.28. The van der Waals surface area contributed by atoms with Gasteiger partial charge in [0.1, 0.15) is 10.8 Å². The Morgan fingerprint density at radius 2 is 1.94 bits per heavy atom. The van der Waals surface area contributed by atoms with E-state index < -0.39 is 41.1 Å². The number of halogens is 6. The second-order valence-electron chi connectivity index (χ2n) is 2.87. The second-order valence-corrected chi connectivity index (χ2v) is 3.22. The molecule has 0 fully saturated rings. The molecule has 1 rings (SSSR count). The van der Waals surface area contributed by atoms with Crippen molar-refractivity contribution < 1.29 is 22.0 Å². The number of pyridine rings is 1. The van der Waals surface area contributed by atoms with Crippen molar-refractivity contribution >= 4 is 11.6 Å². The molecule has 2 nitrogen and oxygen atoms in total. The van der Waals surface area contributed by atoms with Crippen LogP contribution < -0.4 is 5.73 Å². The van der Waals surface area contributed by atoms with Gasteiger partial charge in [0.2, 0.25) is 0 Å². The molecule has 0 aliphatic rings. The van der Waals surface area contributed by atoms with Crippen molar-refractivity contribution in [2.75, 3.05) is 0 Å². The average Bonchev–Trinajstić information content (AvgIpc) is 2.14. The molecule has 0 unspecified atom stereocenters. The summed E-state index contributed by atoms with van der Waals surface area (Å²) >= 11 is 5.36. The van der Waals surface area contributed by atoms with Crippen LogP contribution in [-0.2, 0) is 12.7 Å². The Morgan fingerprint density at radius 1 is 1.38 bits per heavy atom. The van der Waals surface area contributed by atoms with Gasteiger partial charge in [0, 0.05) is 12.1 Å². The molecule has 0 aliphatic heterocycles. The summed E-state index contributed by atoms with van der Waals surface area (Å²) in [6.07, 6.45) is -7.91. The van der Waals surface area contributed by atoms with Crippen molar-refractivity contribution in [3.63, 3.8) is 0 Å². The molecule has 1 aromatic heterocycles. The second kappa shape index (κ2) is 4.50. The number of hydrogen-bond donors (Lipinski definition) is 1. The van der Waals surface area contributed by atoms with Crippen LogP contribution in [0, 0.1) is 0 Å². The lowest BCUT2D eigenvalue weighted by Gasteiger charge is -2.14. The molecule has 0 spiro atoms. The van der Waals surface area contributed by atoms with Crippen molar-refractivity contribution in [2.45, 2.75) is 19.1 Å². The zero-order chi connectivity index (χ0) is 12.5. The first kappa shape index (κ1) is 13.1. The largest absolute Gasteiger partial charge is 0.416 e. The lowest BCUT2D eigenvalue weighted by molar-refractivity contribution is -0.138. The van der Waals surface area contributed by atoms with E-state index in [1.807, 2.05) is 0 Å². The maximum Gasteiger partial charge on any atom is 0.416 e.